The third-order valence-corrected chi connectivity index (χ3v) is 14.5. The maximum atomic E-state index is 14.3. The summed E-state index contributed by atoms with van der Waals surface area (Å²) in [5.41, 5.74) is 20.8. The SMILES string of the molecule is CSCC[C@H](NC(=O)[C@H](CC(C)C)NC(=O)[C@H](Cc1cnc[nH]1)NC(=O)CNC(=O)[C@@H](NC(=O)[C@H](C)NC(=O)[C@H](Cc1c[nH]c2ccccc12)NC(=O)[C@H](CCC(N)=O)NC(=O)[C@@H](N)Cc1cccc(N(CCCl)CCCl)c1)C(C)C)C(N)=O. The van der Waals surface area contributed by atoms with Crippen molar-refractivity contribution in [2.75, 3.05) is 48.3 Å². The first kappa shape index (κ1) is 69.1. The number of carbonyl (C=O) groups excluding carboxylic acids is 10. The Morgan fingerprint density at radius 3 is 1.93 bits per heavy atom. The van der Waals surface area contributed by atoms with Crippen molar-refractivity contribution in [2.24, 2.45) is 29.0 Å². The minimum Gasteiger partial charge on any atom is -0.370 e. The molecule has 2 heterocycles. The van der Waals surface area contributed by atoms with Crippen LogP contribution in [0.4, 0.5) is 5.69 Å². The van der Waals surface area contributed by atoms with Crippen LogP contribution >= 0.6 is 35.0 Å². The van der Waals surface area contributed by atoms with E-state index in [9.17, 15) is 47.9 Å². The molecule has 0 saturated carbocycles. The monoisotopic (exact) mass is 1230 g/mol. The number of nitrogens with two attached hydrogens (primary N) is 3. The van der Waals surface area contributed by atoms with Crippen LogP contribution in [0.25, 0.3) is 10.9 Å². The minimum absolute atomic E-state index is 0.0680. The molecule has 0 saturated heterocycles. The largest absolute Gasteiger partial charge is 0.370 e. The van der Waals surface area contributed by atoms with E-state index in [4.69, 9.17) is 40.4 Å². The number of H-pyrrole nitrogens is 2. The lowest BCUT2D eigenvalue weighted by Crippen LogP contribution is -2.59. The average Bonchev–Trinajstić information content (AvgIpc) is 4.20. The molecule has 0 bridgehead atoms. The predicted octanol–water partition coefficient (Wildman–Crippen LogP) is 0.266. The van der Waals surface area contributed by atoms with Gasteiger partial charge < -0.3 is 74.6 Å². The Balaban J connectivity index is 1.47. The molecule has 2 aromatic heterocycles. The summed E-state index contributed by atoms with van der Waals surface area (Å²) in [6.45, 7) is 8.75. The molecule has 84 heavy (non-hydrogen) atoms. The highest BCUT2D eigenvalue weighted by Crippen LogP contribution is 2.21. The van der Waals surface area contributed by atoms with Gasteiger partial charge in [-0.1, -0.05) is 58.0 Å². The number of thioether (sulfide) groups is 1. The molecule has 460 valence electrons. The number of aromatic nitrogens is 3. The molecule has 0 unspecified atom stereocenters. The van der Waals surface area contributed by atoms with Gasteiger partial charge in [-0.3, -0.25) is 47.9 Å². The highest BCUT2D eigenvalue weighted by atomic mass is 35.5. The molecule has 25 nitrogen and oxygen atoms in total. The number of alkyl halides is 2. The van der Waals surface area contributed by atoms with Crippen molar-refractivity contribution in [2.45, 2.75) is 128 Å². The summed E-state index contributed by atoms with van der Waals surface area (Å²) in [7, 11) is 0. The molecule has 4 aromatic rings. The van der Waals surface area contributed by atoms with E-state index >= 15 is 0 Å². The standard InChI is InChI=1S/C56H81Cl2N15O10S/c1-31(2)22-43(54(81)68-41(49(61)76)16-21-84-6)70-55(82)45(26-36-28-62-30-65-36)67-47(75)29-64-56(83)48(32(3)4)72-50(77)33(5)66-53(80)44(25-35-27-63-40-13-8-7-12-38(35)40)71-52(79)42(14-15-46(60)74)69-51(78)39(59)24-34-10-9-11-37(23-34)73(19-17-57)20-18-58/h7-13,23,27-28,30-33,39,41-45,48,63H,14-22,24-26,29,59H2,1-6H3,(H2,60,74)(H2,61,76)(H,62,65)(H,64,83)(H,66,80)(H,67,75)(H,68,81)(H,69,78)(H,70,82)(H,71,79)(H,72,77)/t33-,39-,41-,42-,43-,44-,45-,48-/m0/s1. The average molecular weight is 1230 g/mol. The number of benzene rings is 2. The highest BCUT2D eigenvalue weighted by molar-refractivity contribution is 7.98. The Hall–Kier alpha value is -7.42. The highest BCUT2D eigenvalue weighted by Gasteiger charge is 2.34. The molecule has 16 N–H and O–H groups in total. The summed E-state index contributed by atoms with van der Waals surface area (Å²) in [5.74, 6) is -7.03. The van der Waals surface area contributed by atoms with E-state index in [2.05, 4.69) is 57.5 Å². The molecule has 10 amide bonds. The fourth-order valence-electron chi connectivity index (χ4n) is 8.95. The molecule has 8 atom stereocenters. The summed E-state index contributed by atoms with van der Waals surface area (Å²) in [6.07, 6.45) is 6.09. The number of nitrogens with one attached hydrogen (secondary N) is 10. The Morgan fingerprint density at radius 1 is 0.667 bits per heavy atom. The molecule has 0 aliphatic rings. The summed E-state index contributed by atoms with van der Waals surface area (Å²) in [6, 6.07) is 4.71. The fraction of sp³-hybridized carbons (Fsp3) is 0.518. The van der Waals surface area contributed by atoms with Crippen molar-refractivity contribution < 1.29 is 47.9 Å². The van der Waals surface area contributed by atoms with Crippen LogP contribution in [0.1, 0.15) is 77.1 Å². The normalized spacial score (nSPS) is 14.1. The van der Waals surface area contributed by atoms with E-state index in [0.717, 1.165) is 16.6 Å². The third kappa shape index (κ3) is 22.6. The second kappa shape index (κ2) is 35.0. The number of hydrogen-bond donors (Lipinski definition) is 13. The second-order valence-electron chi connectivity index (χ2n) is 21.1. The summed E-state index contributed by atoms with van der Waals surface area (Å²) in [4.78, 5) is 147. The van der Waals surface area contributed by atoms with Gasteiger partial charge >= 0.3 is 0 Å². The van der Waals surface area contributed by atoms with Crippen molar-refractivity contribution in [3.8, 4) is 0 Å². The number of nitrogens with zero attached hydrogens (tertiary/aromatic N) is 2. The molecular formula is C56H81Cl2N15O10S. The molecule has 0 fully saturated rings. The second-order valence-corrected chi connectivity index (χ2v) is 22.8. The van der Waals surface area contributed by atoms with E-state index in [-0.39, 0.29) is 50.9 Å². The van der Waals surface area contributed by atoms with Crippen LogP contribution in [0, 0.1) is 11.8 Å². The zero-order chi connectivity index (χ0) is 62.0. The van der Waals surface area contributed by atoms with Gasteiger partial charge in [0.2, 0.25) is 59.1 Å². The van der Waals surface area contributed by atoms with Crippen molar-refractivity contribution in [1.29, 1.82) is 0 Å². The molecule has 0 aliphatic carbocycles. The van der Waals surface area contributed by atoms with Crippen LogP contribution in [-0.4, -0.2) is 166 Å². The first-order valence-corrected chi connectivity index (χ1v) is 30.1. The molecule has 28 heteroatoms. The van der Waals surface area contributed by atoms with Crippen molar-refractivity contribution >= 4 is 111 Å². The maximum Gasteiger partial charge on any atom is 0.243 e. The quantitative estimate of drug-likeness (QED) is 0.0270. The lowest BCUT2D eigenvalue weighted by Gasteiger charge is -2.27. The van der Waals surface area contributed by atoms with Crippen LogP contribution in [0.3, 0.4) is 0 Å². The number of hydrogen-bond acceptors (Lipinski definition) is 14. The number of para-hydroxylation sites is 1. The van der Waals surface area contributed by atoms with Crippen molar-refractivity contribution in [1.82, 2.24) is 57.5 Å². The van der Waals surface area contributed by atoms with Gasteiger partial charge in [0.05, 0.1) is 18.9 Å². The number of anilines is 1. The van der Waals surface area contributed by atoms with Crippen LogP contribution < -0.4 is 64.6 Å². The Morgan fingerprint density at radius 2 is 1.30 bits per heavy atom. The number of rotatable bonds is 37. The minimum atomic E-state index is -1.39. The van der Waals surface area contributed by atoms with E-state index in [1.54, 1.807) is 32.2 Å². The zero-order valence-electron chi connectivity index (χ0n) is 48.2. The number of carbonyl (C=O) groups is 10. The number of halogens is 2. The Labute approximate surface area is 503 Å². The van der Waals surface area contributed by atoms with Crippen molar-refractivity contribution in [3.63, 3.8) is 0 Å². The molecule has 0 spiro atoms. The molecule has 0 aliphatic heterocycles. The first-order valence-electron chi connectivity index (χ1n) is 27.6. The van der Waals surface area contributed by atoms with Gasteiger partial charge in [-0.2, -0.15) is 11.8 Å². The van der Waals surface area contributed by atoms with Gasteiger partial charge in [-0.15, -0.1) is 23.2 Å². The Bertz CT molecular complexity index is 2850. The molecule has 0 radical (unpaired) electrons. The van der Waals surface area contributed by atoms with E-state index in [1.807, 2.05) is 61.4 Å². The predicted molar refractivity (Wildman–Crippen MR) is 323 cm³/mol. The van der Waals surface area contributed by atoms with Gasteiger partial charge in [-0.25, -0.2) is 4.98 Å². The van der Waals surface area contributed by atoms with Crippen LogP contribution in [0.2, 0.25) is 0 Å². The van der Waals surface area contributed by atoms with Gasteiger partial charge in [-0.05, 0) is 85.8 Å². The molecule has 4 rings (SSSR count). The molecular weight excluding hydrogens is 1150 g/mol. The van der Waals surface area contributed by atoms with Crippen LogP contribution in [-0.2, 0) is 67.2 Å². The lowest BCUT2D eigenvalue weighted by atomic mass is 10.0. The first-order chi connectivity index (χ1) is 39.9. The van der Waals surface area contributed by atoms with Gasteiger partial charge in [0.25, 0.3) is 0 Å². The van der Waals surface area contributed by atoms with Gasteiger partial charge in [0, 0.05) is 78.8 Å². The number of amides is 10. The zero-order valence-corrected chi connectivity index (χ0v) is 50.5. The number of fused-ring (bicyclic) bond motifs is 1. The summed E-state index contributed by atoms with van der Waals surface area (Å²) >= 11 is 13.5. The smallest absolute Gasteiger partial charge is 0.243 e. The lowest BCUT2D eigenvalue weighted by molar-refractivity contribution is -0.135. The van der Waals surface area contributed by atoms with Crippen LogP contribution in [0.5, 0.6) is 0 Å². The van der Waals surface area contributed by atoms with Crippen molar-refractivity contribution in [3.05, 3.63) is 84.1 Å². The Kier molecular flexibility index (Phi) is 28.8. The van der Waals surface area contributed by atoms with Gasteiger partial charge in [0.15, 0.2) is 0 Å². The number of imidazole rings is 1. The summed E-state index contributed by atoms with van der Waals surface area (Å²) < 4.78 is 0. The van der Waals surface area contributed by atoms with E-state index in [1.165, 1.54) is 31.2 Å². The number of aromatic amines is 2. The fourth-order valence-corrected chi connectivity index (χ4v) is 9.83. The van der Waals surface area contributed by atoms with E-state index in [0.29, 0.717) is 47.4 Å². The van der Waals surface area contributed by atoms with Gasteiger partial charge in [0.1, 0.15) is 42.3 Å². The topological polar surface area (TPSA) is 393 Å². The summed E-state index contributed by atoms with van der Waals surface area (Å²) in [5, 5.41) is 21.8. The molecule has 2 aromatic carbocycles. The number of primary amides is 2. The maximum absolute atomic E-state index is 14.3. The third-order valence-electron chi connectivity index (χ3n) is 13.5. The van der Waals surface area contributed by atoms with Crippen LogP contribution in [0.15, 0.2) is 67.3 Å². The van der Waals surface area contributed by atoms with E-state index < -0.39 is 120 Å².